The molecule has 1 heterocycles. The van der Waals surface area contributed by atoms with Gasteiger partial charge in [0, 0.05) is 37.3 Å². The summed E-state index contributed by atoms with van der Waals surface area (Å²) >= 11 is 0. The van der Waals surface area contributed by atoms with E-state index in [9.17, 15) is 14.9 Å². The maximum absolute atomic E-state index is 12.0. The van der Waals surface area contributed by atoms with Gasteiger partial charge in [-0.15, -0.1) is 0 Å². The molecule has 1 aromatic carbocycles. The molecule has 1 aliphatic rings. The molecule has 2 rings (SSSR count). The second-order valence-corrected chi connectivity index (χ2v) is 6.62. The number of hydrogen-bond donors (Lipinski definition) is 1. The topological polar surface area (TPSA) is 75.5 Å². The van der Waals surface area contributed by atoms with Crippen LogP contribution in [-0.4, -0.2) is 41.9 Å². The minimum absolute atomic E-state index is 0.00473. The van der Waals surface area contributed by atoms with Gasteiger partial charge in [0.25, 0.3) is 11.6 Å². The SMILES string of the molecule is CC1CC(C)CN(CCCNC(=O)c2ccc([N+](=O)[O-])cc2)C1. The number of benzene rings is 1. The average molecular weight is 319 g/mol. The zero-order valence-electron chi connectivity index (χ0n) is 13.8. The number of piperidine rings is 1. The van der Waals surface area contributed by atoms with Crippen molar-refractivity contribution in [3.63, 3.8) is 0 Å². The van der Waals surface area contributed by atoms with E-state index >= 15 is 0 Å². The predicted octanol–water partition coefficient (Wildman–Crippen LogP) is 2.69. The van der Waals surface area contributed by atoms with Crippen molar-refractivity contribution in [1.82, 2.24) is 10.2 Å². The molecule has 1 amide bonds. The van der Waals surface area contributed by atoms with E-state index in [1.165, 1.54) is 30.7 Å². The van der Waals surface area contributed by atoms with Crippen molar-refractivity contribution in [2.24, 2.45) is 11.8 Å². The third-order valence-corrected chi connectivity index (χ3v) is 4.22. The van der Waals surface area contributed by atoms with Crippen LogP contribution in [0.3, 0.4) is 0 Å². The lowest BCUT2D eigenvalue weighted by Gasteiger charge is -2.34. The molecule has 6 nitrogen and oxygen atoms in total. The summed E-state index contributed by atoms with van der Waals surface area (Å²) in [6, 6.07) is 5.68. The summed E-state index contributed by atoms with van der Waals surface area (Å²) in [7, 11) is 0. The molecule has 1 aromatic rings. The first-order valence-corrected chi connectivity index (χ1v) is 8.20. The van der Waals surface area contributed by atoms with E-state index in [1.54, 1.807) is 0 Å². The molecular weight excluding hydrogens is 294 g/mol. The molecule has 2 atom stereocenters. The first kappa shape index (κ1) is 17.4. The summed E-state index contributed by atoms with van der Waals surface area (Å²) < 4.78 is 0. The lowest BCUT2D eigenvalue weighted by atomic mass is 9.92. The van der Waals surface area contributed by atoms with Gasteiger partial charge in [0.15, 0.2) is 0 Å². The van der Waals surface area contributed by atoms with Crippen molar-refractivity contribution in [2.45, 2.75) is 26.7 Å². The van der Waals surface area contributed by atoms with Gasteiger partial charge >= 0.3 is 0 Å². The fourth-order valence-electron chi connectivity index (χ4n) is 3.32. The number of carbonyl (C=O) groups excluding carboxylic acids is 1. The first-order chi connectivity index (χ1) is 11.0. The Morgan fingerprint density at radius 1 is 1.26 bits per heavy atom. The molecule has 0 radical (unpaired) electrons. The van der Waals surface area contributed by atoms with Gasteiger partial charge in [-0.2, -0.15) is 0 Å². The first-order valence-electron chi connectivity index (χ1n) is 8.20. The van der Waals surface area contributed by atoms with Gasteiger partial charge in [0.2, 0.25) is 0 Å². The summed E-state index contributed by atoms with van der Waals surface area (Å²) in [6.07, 6.45) is 2.21. The second kappa shape index (κ2) is 8.06. The van der Waals surface area contributed by atoms with Gasteiger partial charge in [-0.3, -0.25) is 14.9 Å². The smallest absolute Gasteiger partial charge is 0.269 e. The van der Waals surface area contributed by atoms with Crippen molar-refractivity contribution < 1.29 is 9.72 Å². The van der Waals surface area contributed by atoms with Crippen LogP contribution in [0.4, 0.5) is 5.69 Å². The second-order valence-electron chi connectivity index (χ2n) is 6.62. The molecule has 2 unspecified atom stereocenters. The van der Waals surface area contributed by atoms with Crippen LogP contribution in [0.15, 0.2) is 24.3 Å². The van der Waals surface area contributed by atoms with Gasteiger partial charge in [-0.25, -0.2) is 0 Å². The van der Waals surface area contributed by atoms with Crippen LogP contribution in [0.2, 0.25) is 0 Å². The summed E-state index contributed by atoms with van der Waals surface area (Å²) in [5.74, 6) is 1.31. The zero-order chi connectivity index (χ0) is 16.8. The fourth-order valence-corrected chi connectivity index (χ4v) is 3.32. The number of nitro benzene ring substituents is 1. The molecule has 0 saturated carbocycles. The van der Waals surface area contributed by atoms with Crippen molar-refractivity contribution in [2.75, 3.05) is 26.2 Å². The zero-order valence-corrected chi connectivity index (χ0v) is 13.8. The highest BCUT2D eigenvalue weighted by Crippen LogP contribution is 2.20. The van der Waals surface area contributed by atoms with E-state index in [0.717, 1.165) is 37.9 Å². The highest BCUT2D eigenvalue weighted by molar-refractivity contribution is 5.94. The van der Waals surface area contributed by atoms with Gasteiger partial charge in [-0.05, 0) is 43.4 Å². The minimum atomic E-state index is -0.470. The molecule has 1 aliphatic heterocycles. The summed E-state index contributed by atoms with van der Waals surface area (Å²) in [6.45, 7) is 8.48. The van der Waals surface area contributed by atoms with Crippen molar-refractivity contribution in [3.8, 4) is 0 Å². The third-order valence-electron chi connectivity index (χ3n) is 4.22. The number of nitro groups is 1. The summed E-state index contributed by atoms with van der Waals surface area (Å²) in [4.78, 5) is 24.6. The van der Waals surface area contributed by atoms with Gasteiger partial charge in [0.05, 0.1) is 4.92 Å². The Bertz CT molecular complexity index is 535. The Labute approximate surface area is 137 Å². The van der Waals surface area contributed by atoms with Crippen molar-refractivity contribution in [3.05, 3.63) is 39.9 Å². The monoisotopic (exact) mass is 319 g/mol. The van der Waals surface area contributed by atoms with E-state index in [-0.39, 0.29) is 11.6 Å². The number of non-ortho nitro benzene ring substituents is 1. The quantitative estimate of drug-likeness (QED) is 0.497. The fraction of sp³-hybridized carbons (Fsp3) is 0.588. The number of amides is 1. The lowest BCUT2D eigenvalue weighted by Crippen LogP contribution is -2.40. The average Bonchev–Trinajstić information content (AvgIpc) is 2.50. The van der Waals surface area contributed by atoms with E-state index in [0.29, 0.717) is 12.1 Å². The molecule has 1 fully saturated rings. The molecule has 0 bridgehead atoms. The Balaban J connectivity index is 1.71. The lowest BCUT2D eigenvalue weighted by molar-refractivity contribution is -0.384. The highest BCUT2D eigenvalue weighted by atomic mass is 16.6. The van der Waals surface area contributed by atoms with Gasteiger partial charge < -0.3 is 10.2 Å². The normalized spacial score (nSPS) is 21.8. The van der Waals surface area contributed by atoms with Crippen LogP contribution >= 0.6 is 0 Å². The van der Waals surface area contributed by atoms with Gasteiger partial charge in [-0.1, -0.05) is 13.8 Å². The van der Waals surface area contributed by atoms with Crippen LogP contribution in [-0.2, 0) is 0 Å². The molecule has 1 N–H and O–H groups in total. The van der Waals surface area contributed by atoms with Crippen LogP contribution in [0.1, 0.15) is 37.0 Å². The maximum atomic E-state index is 12.0. The Morgan fingerprint density at radius 2 is 1.87 bits per heavy atom. The van der Waals surface area contributed by atoms with E-state index < -0.39 is 4.92 Å². The van der Waals surface area contributed by atoms with Crippen LogP contribution in [0, 0.1) is 22.0 Å². The minimum Gasteiger partial charge on any atom is -0.352 e. The van der Waals surface area contributed by atoms with E-state index in [4.69, 9.17) is 0 Å². The van der Waals surface area contributed by atoms with Crippen molar-refractivity contribution in [1.29, 1.82) is 0 Å². The number of nitrogens with zero attached hydrogens (tertiary/aromatic N) is 2. The van der Waals surface area contributed by atoms with Crippen LogP contribution < -0.4 is 5.32 Å². The Morgan fingerprint density at radius 3 is 2.43 bits per heavy atom. The molecule has 1 saturated heterocycles. The number of hydrogen-bond acceptors (Lipinski definition) is 4. The molecule has 0 aliphatic carbocycles. The van der Waals surface area contributed by atoms with Crippen LogP contribution in [0.25, 0.3) is 0 Å². The van der Waals surface area contributed by atoms with Crippen LogP contribution in [0.5, 0.6) is 0 Å². The van der Waals surface area contributed by atoms with E-state index in [1.807, 2.05) is 0 Å². The largest absolute Gasteiger partial charge is 0.352 e. The van der Waals surface area contributed by atoms with E-state index in [2.05, 4.69) is 24.1 Å². The third kappa shape index (κ3) is 5.32. The number of rotatable bonds is 6. The number of nitrogens with one attached hydrogen (secondary N) is 1. The number of carbonyl (C=O) groups is 1. The Hall–Kier alpha value is -1.95. The Kier molecular flexibility index (Phi) is 6.10. The molecule has 126 valence electrons. The molecular formula is C17H25N3O3. The van der Waals surface area contributed by atoms with Gasteiger partial charge in [0.1, 0.15) is 0 Å². The summed E-state index contributed by atoms with van der Waals surface area (Å²) in [5, 5.41) is 13.5. The standard InChI is InChI=1S/C17H25N3O3/c1-13-10-14(2)12-19(11-13)9-3-8-18-17(21)15-4-6-16(7-5-15)20(22)23/h4-7,13-14H,3,8-12H2,1-2H3,(H,18,21). The van der Waals surface area contributed by atoms with Crippen molar-refractivity contribution >= 4 is 11.6 Å². The molecule has 0 aromatic heterocycles. The summed E-state index contributed by atoms with van der Waals surface area (Å²) in [5.41, 5.74) is 0.450. The number of likely N-dealkylation sites (tertiary alicyclic amines) is 1. The molecule has 23 heavy (non-hydrogen) atoms. The predicted molar refractivity (Wildman–Crippen MR) is 89.4 cm³/mol. The maximum Gasteiger partial charge on any atom is 0.269 e. The molecule has 6 heteroatoms. The molecule has 0 spiro atoms. The highest BCUT2D eigenvalue weighted by Gasteiger charge is 2.21.